The fourth-order valence-electron chi connectivity index (χ4n) is 1.20. The van der Waals surface area contributed by atoms with Gasteiger partial charge in [0.1, 0.15) is 17.7 Å². The van der Waals surface area contributed by atoms with Gasteiger partial charge < -0.3 is 4.74 Å². The molecule has 1 aromatic rings. The summed E-state index contributed by atoms with van der Waals surface area (Å²) in [6.07, 6.45) is 1.25. The molecular weight excluding hydrogens is 243 g/mol. The lowest BCUT2D eigenvalue weighted by Crippen LogP contribution is -1.96. The third-order valence-electron chi connectivity index (χ3n) is 1.86. The third-order valence-corrected chi connectivity index (χ3v) is 2.14. The Kier molecular flexibility index (Phi) is 4.51. The Morgan fingerprint density at radius 1 is 1.47 bits per heavy atom. The Balaban J connectivity index is 3.21. The van der Waals surface area contributed by atoms with Crippen LogP contribution in [0.2, 0.25) is 5.02 Å². The lowest BCUT2D eigenvalue weighted by molar-refractivity contribution is 0.322. The number of nitriles is 2. The molecule has 0 spiro atoms. The minimum atomic E-state index is -0.624. The summed E-state index contributed by atoms with van der Waals surface area (Å²) in [4.78, 5) is 0. The molecule has 0 saturated heterocycles. The predicted molar refractivity (Wildman–Crippen MR) is 61.8 cm³/mol. The largest absolute Gasteiger partial charge is 0.489 e. The van der Waals surface area contributed by atoms with E-state index in [1.54, 1.807) is 19.1 Å². The van der Waals surface area contributed by atoms with Gasteiger partial charge in [0.15, 0.2) is 11.6 Å². The zero-order valence-electron chi connectivity index (χ0n) is 9.00. The van der Waals surface area contributed by atoms with E-state index < -0.39 is 5.82 Å². The van der Waals surface area contributed by atoms with Crippen molar-refractivity contribution in [3.63, 3.8) is 0 Å². The predicted octanol–water partition coefficient (Wildman–Crippen LogP) is 3.31. The standard InChI is InChI=1S/C12H8ClFN2O/c1-2-17-12-10(13)4-8(5-11(12)14)3-9(6-15)7-16/h3-5H,2H2,1H3. The molecule has 0 N–H and O–H groups in total. The van der Waals surface area contributed by atoms with Crippen LogP contribution in [0.15, 0.2) is 17.7 Å². The first-order valence-corrected chi connectivity index (χ1v) is 5.14. The summed E-state index contributed by atoms with van der Waals surface area (Å²) in [5, 5.41) is 17.3. The number of hydrogen-bond donors (Lipinski definition) is 0. The third kappa shape index (κ3) is 3.21. The maximum absolute atomic E-state index is 13.6. The highest BCUT2D eigenvalue weighted by Crippen LogP contribution is 2.30. The molecule has 3 nitrogen and oxygen atoms in total. The molecule has 17 heavy (non-hydrogen) atoms. The van der Waals surface area contributed by atoms with Gasteiger partial charge in [-0.3, -0.25) is 0 Å². The van der Waals surface area contributed by atoms with Gasteiger partial charge >= 0.3 is 0 Å². The second kappa shape index (κ2) is 5.89. The molecule has 0 atom stereocenters. The van der Waals surface area contributed by atoms with E-state index in [0.29, 0.717) is 12.2 Å². The van der Waals surface area contributed by atoms with E-state index in [9.17, 15) is 4.39 Å². The maximum atomic E-state index is 13.6. The minimum absolute atomic E-state index is 0.0261. The first-order valence-electron chi connectivity index (χ1n) is 4.76. The average molecular weight is 251 g/mol. The maximum Gasteiger partial charge on any atom is 0.173 e. The molecule has 86 valence electrons. The minimum Gasteiger partial charge on any atom is -0.489 e. The highest BCUT2D eigenvalue weighted by Gasteiger charge is 2.10. The van der Waals surface area contributed by atoms with E-state index in [1.807, 2.05) is 0 Å². The summed E-state index contributed by atoms with van der Waals surface area (Å²) in [5.41, 5.74) is 0.221. The molecule has 0 aliphatic heterocycles. The van der Waals surface area contributed by atoms with Crippen LogP contribution in [0.4, 0.5) is 4.39 Å². The van der Waals surface area contributed by atoms with Crippen LogP contribution in [-0.2, 0) is 0 Å². The van der Waals surface area contributed by atoms with Gasteiger partial charge in [0.25, 0.3) is 0 Å². The lowest BCUT2D eigenvalue weighted by atomic mass is 10.1. The quantitative estimate of drug-likeness (QED) is 0.774. The van der Waals surface area contributed by atoms with Crippen LogP contribution in [0.3, 0.4) is 0 Å². The van der Waals surface area contributed by atoms with E-state index in [1.165, 1.54) is 12.1 Å². The van der Waals surface area contributed by atoms with Gasteiger partial charge in [-0.05, 0) is 30.7 Å². The van der Waals surface area contributed by atoms with Crippen molar-refractivity contribution in [3.8, 4) is 17.9 Å². The van der Waals surface area contributed by atoms with Crippen molar-refractivity contribution in [2.24, 2.45) is 0 Å². The molecule has 0 heterocycles. The fraction of sp³-hybridized carbons (Fsp3) is 0.167. The van der Waals surface area contributed by atoms with Crippen LogP contribution in [0.1, 0.15) is 12.5 Å². The average Bonchev–Trinajstić information content (AvgIpc) is 2.30. The fourth-order valence-corrected chi connectivity index (χ4v) is 1.47. The number of rotatable bonds is 3. The molecule has 0 unspecified atom stereocenters. The normalized spacial score (nSPS) is 9.00. The molecule has 0 saturated carbocycles. The van der Waals surface area contributed by atoms with Crippen LogP contribution >= 0.6 is 11.6 Å². The van der Waals surface area contributed by atoms with Gasteiger partial charge in [0.05, 0.1) is 11.6 Å². The molecule has 1 rings (SSSR count). The number of hydrogen-bond acceptors (Lipinski definition) is 3. The van der Waals surface area contributed by atoms with Crippen LogP contribution in [-0.4, -0.2) is 6.61 Å². The summed E-state index contributed by atoms with van der Waals surface area (Å²) in [6.45, 7) is 2.01. The van der Waals surface area contributed by atoms with Gasteiger partial charge in [-0.15, -0.1) is 0 Å². The molecule has 1 aromatic carbocycles. The van der Waals surface area contributed by atoms with E-state index in [0.717, 1.165) is 6.07 Å². The smallest absolute Gasteiger partial charge is 0.173 e. The summed E-state index contributed by atoms with van der Waals surface area (Å²) < 4.78 is 18.6. The van der Waals surface area contributed by atoms with Crippen molar-refractivity contribution in [2.75, 3.05) is 6.61 Å². The number of ether oxygens (including phenoxy) is 1. The Morgan fingerprint density at radius 3 is 2.59 bits per heavy atom. The van der Waals surface area contributed by atoms with E-state index in [2.05, 4.69) is 0 Å². The topological polar surface area (TPSA) is 56.8 Å². The van der Waals surface area contributed by atoms with E-state index >= 15 is 0 Å². The van der Waals surface area contributed by atoms with Crippen molar-refractivity contribution in [1.82, 2.24) is 0 Å². The summed E-state index contributed by atoms with van der Waals surface area (Å²) >= 11 is 5.82. The Labute approximate surface area is 103 Å². The Morgan fingerprint density at radius 2 is 2.12 bits per heavy atom. The molecule has 0 aliphatic rings. The van der Waals surface area contributed by atoms with Crippen molar-refractivity contribution >= 4 is 17.7 Å². The second-order valence-electron chi connectivity index (χ2n) is 3.03. The molecule has 0 aromatic heterocycles. The summed E-state index contributed by atoms with van der Waals surface area (Å²) in [7, 11) is 0. The second-order valence-corrected chi connectivity index (χ2v) is 3.44. The highest BCUT2D eigenvalue weighted by molar-refractivity contribution is 6.32. The Hall–Kier alpha value is -2.04. The monoisotopic (exact) mass is 250 g/mol. The molecule has 0 bridgehead atoms. The van der Waals surface area contributed by atoms with Crippen molar-refractivity contribution in [1.29, 1.82) is 10.5 Å². The van der Waals surface area contributed by atoms with Crippen molar-refractivity contribution in [2.45, 2.75) is 6.92 Å². The van der Waals surface area contributed by atoms with Crippen molar-refractivity contribution < 1.29 is 9.13 Å². The van der Waals surface area contributed by atoms with Crippen LogP contribution < -0.4 is 4.74 Å². The van der Waals surface area contributed by atoms with Crippen LogP contribution in [0, 0.1) is 28.5 Å². The van der Waals surface area contributed by atoms with Gasteiger partial charge in [-0.25, -0.2) is 4.39 Å². The van der Waals surface area contributed by atoms with Crippen LogP contribution in [0.25, 0.3) is 6.08 Å². The molecule has 0 radical (unpaired) electrons. The number of nitrogens with zero attached hydrogens (tertiary/aromatic N) is 2. The van der Waals surface area contributed by atoms with E-state index in [-0.39, 0.29) is 16.3 Å². The van der Waals surface area contributed by atoms with Gasteiger partial charge in [0.2, 0.25) is 0 Å². The van der Waals surface area contributed by atoms with Crippen molar-refractivity contribution in [3.05, 3.63) is 34.1 Å². The van der Waals surface area contributed by atoms with Gasteiger partial charge in [-0.1, -0.05) is 11.6 Å². The first kappa shape index (κ1) is 13.0. The zero-order valence-corrected chi connectivity index (χ0v) is 9.75. The number of halogens is 2. The molecule has 0 fully saturated rings. The molecule has 0 amide bonds. The van der Waals surface area contributed by atoms with Gasteiger partial charge in [0, 0.05) is 0 Å². The zero-order chi connectivity index (χ0) is 12.8. The molecule has 5 heteroatoms. The summed E-state index contributed by atoms with van der Waals surface area (Å²) in [5.74, 6) is -0.650. The number of benzene rings is 1. The number of allylic oxidation sites excluding steroid dienone is 1. The lowest BCUT2D eigenvalue weighted by Gasteiger charge is -2.07. The van der Waals surface area contributed by atoms with Crippen LogP contribution in [0.5, 0.6) is 5.75 Å². The van der Waals surface area contributed by atoms with Gasteiger partial charge in [-0.2, -0.15) is 10.5 Å². The Bertz CT molecular complexity index is 501. The highest BCUT2D eigenvalue weighted by atomic mass is 35.5. The molecular formula is C12H8ClFN2O. The first-order chi connectivity index (χ1) is 8.12. The summed E-state index contributed by atoms with van der Waals surface area (Å²) in [6, 6.07) is 5.96. The SMILES string of the molecule is CCOc1c(F)cc(C=C(C#N)C#N)cc1Cl. The molecule has 0 aliphatic carbocycles. The van der Waals surface area contributed by atoms with E-state index in [4.69, 9.17) is 26.9 Å².